The van der Waals surface area contributed by atoms with Crippen LogP contribution in [-0.2, 0) is 4.79 Å². The molecule has 1 aliphatic carbocycles. The third-order valence-electron chi connectivity index (χ3n) is 5.88. The Balaban J connectivity index is 1.64. The van der Waals surface area contributed by atoms with Crippen molar-refractivity contribution < 1.29 is 4.79 Å². The van der Waals surface area contributed by atoms with Gasteiger partial charge in [0.05, 0.1) is 6.20 Å². The standard InChI is InChI=1S/C20H23N7OS/c1-3-14-19(28)25(2)15-12-23-20(24-16(15)27(14)13-6-4-5-7-13)26-10-8-21-17(26)18-22-9-11-29-18/h8-14H,3-7H2,1-2H3/t14-/m1/s1. The first-order chi connectivity index (χ1) is 14.2. The monoisotopic (exact) mass is 409 g/mol. The molecule has 1 amide bonds. The minimum atomic E-state index is -0.181. The van der Waals surface area contributed by atoms with E-state index in [-0.39, 0.29) is 11.9 Å². The Kier molecular flexibility index (Phi) is 4.54. The number of aromatic nitrogens is 5. The Morgan fingerprint density at radius 3 is 2.72 bits per heavy atom. The molecule has 29 heavy (non-hydrogen) atoms. The van der Waals surface area contributed by atoms with Crippen molar-refractivity contribution in [2.45, 2.75) is 51.1 Å². The maximum Gasteiger partial charge on any atom is 0.249 e. The average Bonchev–Trinajstić information content (AvgIpc) is 3.51. The van der Waals surface area contributed by atoms with Crippen LogP contribution in [-0.4, -0.2) is 49.5 Å². The number of likely N-dealkylation sites (N-methyl/N-ethyl adjacent to an activating group) is 1. The van der Waals surface area contributed by atoms with Gasteiger partial charge >= 0.3 is 0 Å². The van der Waals surface area contributed by atoms with Crippen molar-refractivity contribution in [3.8, 4) is 16.8 Å². The molecular weight excluding hydrogens is 386 g/mol. The van der Waals surface area contributed by atoms with Crippen LogP contribution >= 0.6 is 11.3 Å². The van der Waals surface area contributed by atoms with Crippen molar-refractivity contribution in [2.24, 2.45) is 0 Å². The van der Waals surface area contributed by atoms with Gasteiger partial charge in [0.2, 0.25) is 11.9 Å². The highest BCUT2D eigenvalue weighted by Crippen LogP contribution is 2.39. The number of imidazole rings is 1. The predicted octanol–water partition coefficient (Wildman–Crippen LogP) is 3.29. The molecule has 0 radical (unpaired) electrons. The third kappa shape index (κ3) is 2.91. The van der Waals surface area contributed by atoms with Gasteiger partial charge in [-0.1, -0.05) is 19.8 Å². The molecule has 4 heterocycles. The third-order valence-corrected chi connectivity index (χ3v) is 6.65. The van der Waals surface area contributed by atoms with Gasteiger partial charge in [0.15, 0.2) is 16.6 Å². The summed E-state index contributed by atoms with van der Waals surface area (Å²) in [5.74, 6) is 2.23. The molecule has 0 aromatic carbocycles. The van der Waals surface area contributed by atoms with E-state index in [9.17, 15) is 4.79 Å². The summed E-state index contributed by atoms with van der Waals surface area (Å²) >= 11 is 1.53. The molecule has 1 atom stereocenters. The summed E-state index contributed by atoms with van der Waals surface area (Å²) in [4.78, 5) is 35.3. The minimum absolute atomic E-state index is 0.120. The first-order valence-corrected chi connectivity index (χ1v) is 10.9. The van der Waals surface area contributed by atoms with Crippen molar-refractivity contribution in [2.75, 3.05) is 16.8 Å². The van der Waals surface area contributed by atoms with Crippen molar-refractivity contribution in [3.63, 3.8) is 0 Å². The second-order valence-electron chi connectivity index (χ2n) is 7.50. The van der Waals surface area contributed by atoms with Crippen LogP contribution in [0.2, 0.25) is 0 Å². The van der Waals surface area contributed by atoms with E-state index in [4.69, 9.17) is 4.98 Å². The number of thiazole rings is 1. The van der Waals surface area contributed by atoms with Gasteiger partial charge in [-0.05, 0) is 19.3 Å². The molecule has 9 heteroatoms. The fourth-order valence-corrected chi connectivity index (χ4v) is 5.08. The van der Waals surface area contributed by atoms with Gasteiger partial charge in [0.25, 0.3) is 0 Å². The lowest BCUT2D eigenvalue weighted by Crippen LogP contribution is -2.55. The maximum absolute atomic E-state index is 13.0. The highest BCUT2D eigenvalue weighted by atomic mass is 32.1. The van der Waals surface area contributed by atoms with E-state index in [1.807, 2.05) is 23.2 Å². The molecule has 3 aromatic rings. The van der Waals surface area contributed by atoms with E-state index >= 15 is 0 Å². The van der Waals surface area contributed by atoms with Crippen LogP contribution in [0.3, 0.4) is 0 Å². The van der Waals surface area contributed by atoms with E-state index in [1.165, 1.54) is 24.2 Å². The van der Waals surface area contributed by atoms with Gasteiger partial charge < -0.3 is 9.80 Å². The van der Waals surface area contributed by atoms with E-state index in [0.29, 0.717) is 12.0 Å². The van der Waals surface area contributed by atoms with Crippen LogP contribution in [0.15, 0.2) is 30.2 Å². The van der Waals surface area contributed by atoms with Gasteiger partial charge in [-0.3, -0.25) is 9.36 Å². The van der Waals surface area contributed by atoms with Crippen molar-refractivity contribution in [1.82, 2.24) is 24.5 Å². The molecule has 0 N–H and O–H groups in total. The summed E-state index contributed by atoms with van der Waals surface area (Å²) in [7, 11) is 1.82. The van der Waals surface area contributed by atoms with Crippen LogP contribution in [0, 0.1) is 0 Å². The van der Waals surface area contributed by atoms with Crippen LogP contribution in [0.25, 0.3) is 16.8 Å². The summed E-state index contributed by atoms with van der Waals surface area (Å²) in [6, 6.07) is 0.167. The zero-order valence-corrected chi connectivity index (χ0v) is 17.3. The molecule has 1 saturated carbocycles. The number of carbonyl (C=O) groups excluding carboxylic acids is 1. The number of anilines is 2. The van der Waals surface area contributed by atoms with Gasteiger partial charge in [0, 0.05) is 37.1 Å². The zero-order chi connectivity index (χ0) is 20.0. The Labute approximate surface area is 173 Å². The second kappa shape index (κ2) is 7.22. The summed E-state index contributed by atoms with van der Waals surface area (Å²) < 4.78 is 1.86. The number of fused-ring (bicyclic) bond motifs is 1. The number of hydrogen-bond acceptors (Lipinski definition) is 7. The van der Waals surface area contributed by atoms with Gasteiger partial charge in [-0.25, -0.2) is 15.0 Å². The lowest BCUT2D eigenvalue weighted by atomic mass is 10.0. The molecule has 8 nitrogen and oxygen atoms in total. The number of hydrogen-bond donors (Lipinski definition) is 0. The fourth-order valence-electron chi connectivity index (χ4n) is 4.45. The first kappa shape index (κ1) is 18.2. The first-order valence-electron chi connectivity index (χ1n) is 10.1. The molecule has 0 unspecified atom stereocenters. The number of nitrogens with zero attached hydrogens (tertiary/aromatic N) is 7. The van der Waals surface area contributed by atoms with Crippen molar-refractivity contribution in [1.29, 1.82) is 0 Å². The molecule has 0 spiro atoms. The summed E-state index contributed by atoms with van der Waals surface area (Å²) in [6.45, 7) is 2.07. The average molecular weight is 410 g/mol. The van der Waals surface area contributed by atoms with Crippen LogP contribution in [0.1, 0.15) is 39.0 Å². The van der Waals surface area contributed by atoms with E-state index < -0.39 is 0 Å². The SMILES string of the molecule is CC[C@@H]1C(=O)N(C)c2cnc(-n3ccnc3-c3nccs3)nc2N1C1CCCC1. The van der Waals surface area contributed by atoms with E-state index in [2.05, 4.69) is 26.8 Å². The lowest BCUT2D eigenvalue weighted by molar-refractivity contribution is -0.120. The topological polar surface area (TPSA) is 80.0 Å². The summed E-state index contributed by atoms with van der Waals surface area (Å²) in [5.41, 5.74) is 0.770. The van der Waals surface area contributed by atoms with Crippen molar-refractivity contribution in [3.05, 3.63) is 30.2 Å². The van der Waals surface area contributed by atoms with Gasteiger partial charge in [-0.2, -0.15) is 4.98 Å². The van der Waals surface area contributed by atoms with Crippen LogP contribution < -0.4 is 9.80 Å². The molecule has 0 bridgehead atoms. The second-order valence-corrected chi connectivity index (χ2v) is 8.40. The summed E-state index contributed by atoms with van der Waals surface area (Å²) in [5, 5.41) is 2.75. The summed E-state index contributed by atoms with van der Waals surface area (Å²) in [6.07, 6.45) is 12.5. The Bertz CT molecular complexity index is 1030. The number of amides is 1. The normalized spacial score (nSPS) is 19.8. The molecule has 150 valence electrons. The minimum Gasteiger partial charge on any atom is -0.340 e. The number of carbonyl (C=O) groups is 1. The van der Waals surface area contributed by atoms with Gasteiger partial charge in [-0.15, -0.1) is 11.3 Å². The molecule has 0 saturated heterocycles. The Hall–Kier alpha value is -2.81. The van der Waals surface area contributed by atoms with E-state index in [0.717, 1.165) is 41.6 Å². The predicted molar refractivity (Wildman–Crippen MR) is 112 cm³/mol. The molecule has 1 fully saturated rings. The largest absolute Gasteiger partial charge is 0.340 e. The molecule has 5 rings (SSSR count). The maximum atomic E-state index is 13.0. The smallest absolute Gasteiger partial charge is 0.249 e. The fraction of sp³-hybridized carbons (Fsp3) is 0.450. The lowest BCUT2D eigenvalue weighted by Gasteiger charge is -2.43. The zero-order valence-electron chi connectivity index (χ0n) is 16.5. The highest BCUT2D eigenvalue weighted by Gasteiger charge is 2.41. The number of rotatable bonds is 4. The quantitative estimate of drug-likeness (QED) is 0.658. The Morgan fingerprint density at radius 2 is 2.00 bits per heavy atom. The molecular formula is C20H23N7OS. The highest BCUT2D eigenvalue weighted by molar-refractivity contribution is 7.13. The molecule has 2 aliphatic rings. The van der Waals surface area contributed by atoms with Crippen molar-refractivity contribution >= 4 is 28.7 Å². The van der Waals surface area contributed by atoms with Gasteiger partial charge in [0.1, 0.15) is 11.7 Å². The molecule has 3 aromatic heterocycles. The Morgan fingerprint density at radius 1 is 1.17 bits per heavy atom. The van der Waals surface area contributed by atoms with Crippen LogP contribution in [0.5, 0.6) is 0 Å². The van der Waals surface area contributed by atoms with E-state index in [1.54, 1.807) is 23.5 Å². The van der Waals surface area contributed by atoms with Crippen LogP contribution in [0.4, 0.5) is 11.5 Å². The molecule has 1 aliphatic heterocycles.